The second-order valence-electron chi connectivity index (χ2n) is 9.68. The molecule has 0 saturated carbocycles. The van der Waals surface area contributed by atoms with Gasteiger partial charge in [0.1, 0.15) is 12.2 Å². The van der Waals surface area contributed by atoms with Crippen molar-refractivity contribution in [3.05, 3.63) is 48.0 Å². The van der Waals surface area contributed by atoms with E-state index in [0.717, 1.165) is 31.5 Å². The van der Waals surface area contributed by atoms with E-state index < -0.39 is 11.9 Å². The summed E-state index contributed by atoms with van der Waals surface area (Å²) >= 11 is 0. The van der Waals surface area contributed by atoms with Crippen molar-refractivity contribution in [3.8, 4) is 22.7 Å². The van der Waals surface area contributed by atoms with Crippen LogP contribution in [0.2, 0.25) is 0 Å². The molecule has 3 aromatic rings. The molecule has 2 amide bonds. The highest BCUT2D eigenvalue weighted by Crippen LogP contribution is 2.26. The number of ether oxygens (including phenoxy) is 2. The standard InChI is InChI=1S/C29H38N6O6/c1-4-22(5-2)32-28(38)25-18-31-29(41-25)21-9-7-8-20(16-21)23-17-24(27(37)30-19-26(36)40-6-3)35(33-23)11-10-34-12-14-39-15-13-34/h7-9,16-18,22H,4-6,10-15,19H2,1-3H3,(H,30,37)(H,32,38). The minimum absolute atomic E-state index is 0.0708. The number of esters is 1. The molecule has 2 N–H and O–H groups in total. The molecule has 0 unspecified atom stereocenters. The largest absolute Gasteiger partial charge is 0.465 e. The lowest BCUT2D eigenvalue weighted by Crippen LogP contribution is -2.39. The van der Waals surface area contributed by atoms with E-state index in [4.69, 9.17) is 19.0 Å². The summed E-state index contributed by atoms with van der Waals surface area (Å²) in [5.41, 5.74) is 2.32. The van der Waals surface area contributed by atoms with E-state index >= 15 is 0 Å². The van der Waals surface area contributed by atoms with Gasteiger partial charge >= 0.3 is 5.97 Å². The van der Waals surface area contributed by atoms with E-state index in [9.17, 15) is 14.4 Å². The van der Waals surface area contributed by atoms with Crippen LogP contribution in [0.4, 0.5) is 0 Å². The summed E-state index contributed by atoms with van der Waals surface area (Å²) in [4.78, 5) is 44.0. The van der Waals surface area contributed by atoms with Crippen LogP contribution in [0.1, 0.15) is 54.7 Å². The van der Waals surface area contributed by atoms with E-state index in [1.165, 1.54) is 6.20 Å². The Morgan fingerprint density at radius 1 is 1.02 bits per heavy atom. The lowest BCUT2D eigenvalue weighted by atomic mass is 10.1. The van der Waals surface area contributed by atoms with Gasteiger partial charge in [0.25, 0.3) is 11.8 Å². The van der Waals surface area contributed by atoms with Crippen molar-refractivity contribution in [1.82, 2.24) is 30.3 Å². The van der Waals surface area contributed by atoms with E-state index in [1.54, 1.807) is 17.7 Å². The van der Waals surface area contributed by atoms with Gasteiger partial charge in [0.05, 0.1) is 38.3 Å². The number of benzene rings is 1. The van der Waals surface area contributed by atoms with E-state index in [0.29, 0.717) is 49.1 Å². The molecule has 1 aromatic carbocycles. The third kappa shape index (κ3) is 8.01. The Hall–Kier alpha value is -4.03. The number of hydrogen-bond donors (Lipinski definition) is 2. The Morgan fingerprint density at radius 3 is 2.51 bits per heavy atom. The number of aromatic nitrogens is 3. The molecule has 41 heavy (non-hydrogen) atoms. The maximum absolute atomic E-state index is 13.1. The molecule has 1 aliphatic rings. The lowest BCUT2D eigenvalue weighted by Gasteiger charge is -2.26. The van der Waals surface area contributed by atoms with Crippen LogP contribution in [0, 0.1) is 0 Å². The van der Waals surface area contributed by atoms with Crippen LogP contribution in [-0.4, -0.2) is 89.5 Å². The number of oxazole rings is 1. The highest BCUT2D eigenvalue weighted by atomic mass is 16.5. The highest BCUT2D eigenvalue weighted by molar-refractivity contribution is 5.95. The van der Waals surface area contributed by atoms with Gasteiger partial charge in [0, 0.05) is 36.8 Å². The lowest BCUT2D eigenvalue weighted by molar-refractivity contribution is -0.141. The minimum Gasteiger partial charge on any atom is -0.465 e. The van der Waals surface area contributed by atoms with E-state index in [2.05, 4.69) is 20.5 Å². The van der Waals surface area contributed by atoms with Crippen LogP contribution < -0.4 is 10.6 Å². The fourth-order valence-corrected chi connectivity index (χ4v) is 4.50. The van der Waals surface area contributed by atoms with Crippen LogP contribution in [0.25, 0.3) is 22.7 Å². The highest BCUT2D eigenvalue weighted by Gasteiger charge is 2.20. The molecule has 12 heteroatoms. The van der Waals surface area contributed by atoms with Crippen LogP contribution in [0.15, 0.2) is 40.9 Å². The Labute approximate surface area is 239 Å². The molecule has 4 rings (SSSR count). The van der Waals surface area contributed by atoms with Gasteiger partial charge in [0.2, 0.25) is 11.7 Å². The Bertz CT molecular complexity index is 1320. The molecule has 1 saturated heterocycles. The smallest absolute Gasteiger partial charge is 0.325 e. The summed E-state index contributed by atoms with van der Waals surface area (Å²) in [5, 5.41) is 10.3. The molecule has 1 aliphatic heterocycles. The summed E-state index contributed by atoms with van der Waals surface area (Å²) in [5.74, 6) is -0.778. The van der Waals surface area contributed by atoms with Gasteiger partial charge < -0.3 is 24.5 Å². The van der Waals surface area contributed by atoms with Crippen molar-refractivity contribution in [1.29, 1.82) is 0 Å². The second kappa shape index (κ2) is 14.6. The second-order valence-corrected chi connectivity index (χ2v) is 9.68. The first-order chi connectivity index (χ1) is 19.9. The molecule has 3 heterocycles. The van der Waals surface area contributed by atoms with Gasteiger partial charge in [-0.15, -0.1) is 0 Å². The molecule has 0 bridgehead atoms. The SMILES string of the molecule is CCOC(=O)CNC(=O)c1cc(-c2cccc(-c3ncc(C(=O)NC(CC)CC)o3)c2)nn1CCN1CCOCC1. The van der Waals surface area contributed by atoms with E-state index in [-0.39, 0.29) is 30.9 Å². The molecule has 2 aromatic heterocycles. The monoisotopic (exact) mass is 566 g/mol. The predicted molar refractivity (Wildman–Crippen MR) is 151 cm³/mol. The minimum atomic E-state index is -0.507. The molecule has 0 atom stereocenters. The fourth-order valence-electron chi connectivity index (χ4n) is 4.50. The van der Waals surface area contributed by atoms with Crippen molar-refractivity contribution < 1.29 is 28.3 Å². The zero-order chi connectivity index (χ0) is 29.2. The summed E-state index contributed by atoms with van der Waals surface area (Å²) in [6.07, 6.45) is 3.08. The van der Waals surface area contributed by atoms with Crippen molar-refractivity contribution in [2.45, 2.75) is 46.2 Å². The Morgan fingerprint density at radius 2 is 1.78 bits per heavy atom. The number of carbonyl (C=O) groups is 3. The van der Waals surface area contributed by atoms with Gasteiger partial charge in [-0.05, 0) is 38.0 Å². The summed E-state index contributed by atoms with van der Waals surface area (Å²) in [7, 11) is 0. The number of morpholine rings is 1. The molecule has 12 nitrogen and oxygen atoms in total. The maximum Gasteiger partial charge on any atom is 0.325 e. The predicted octanol–water partition coefficient (Wildman–Crippen LogP) is 2.75. The summed E-state index contributed by atoms with van der Waals surface area (Å²) < 4.78 is 17.8. The first-order valence-corrected chi connectivity index (χ1v) is 14.1. The van der Waals surface area contributed by atoms with Gasteiger partial charge in [-0.3, -0.25) is 24.0 Å². The fraction of sp³-hybridized carbons (Fsp3) is 0.483. The maximum atomic E-state index is 13.1. The average Bonchev–Trinajstić information content (AvgIpc) is 3.67. The first-order valence-electron chi connectivity index (χ1n) is 14.1. The van der Waals surface area contributed by atoms with Crippen LogP contribution in [0.3, 0.4) is 0 Å². The van der Waals surface area contributed by atoms with Gasteiger partial charge in [-0.1, -0.05) is 26.0 Å². The first kappa shape index (κ1) is 29.9. The Kier molecular flexibility index (Phi) is 10.6. The summed E-state index contributed by atoms with van der Waals surface area (Å²) in [6, 6.07) is 9.17. The quantitative estimate of drug-likeness (QED) is 0.299. The Balaban J connectivity index is 1.55. The van der Waals surface area contributed by atoms with E-state index in [1.807, 2.05) is 38.1 Å². The molecular formula is C29H38N6O6. The number of rotatable bonds is 13. The number of nitrogens with one attached hydrogen (secondary N) is 2. The summed E-state index contributed by atoms with van der Waals surface area (Å²) in [6.45, 7) is 9.90. The third-order valence-electron chi connectivity index (χ3n) is 6.90. The zero-order valence-corrected chi connectivity index (χ0v) is 23.9. The van der Waals surface area contributed by atoms with Crippen molar-refractivity contribution in [2.24, 2.45) is 0 Å². The van der Waals surface area contributed by atoms with Gasteiger partial charge in [-0.25, -0.2) is 4.98 Å². The molecule has 0 aliphatic carbocycles. The van der Waals surface area contributed by atoms with Gasteiger partial charge in [0.15, 0.2) is 0 Å². The van der Waals surface area contributed by atoms with Crippen molar-refractivity contribution >= 4 is 17.8 Å². The van der Waals surface area contributed by atoms with Crippen LogP contribution >= 0.6 is 0 Å². The molecule has 0 radical (unpaired) electrons. The number of carbonyl (C=O) groups excluding carboxylic acids is 3. The third-order valence-corrected chi connectivity index (χ3v) is 6.90. The van der Waals surface area contributed by atoms with Crippen molar-refractivity contribution in [3.63, 3.8) is 0 Å². The van der Waals surface area contributed by atoms with Crippen molar-refractivity contribution in [2.75, 3.05) is 46.0 Å². The average molecular weight is 567 g/mol. The number of nitrogens with zero attached hydrogens (tertiary/aromatic N) is 4. The number of hydrogen-bond acceptors (Lipinski definition) is 9. The van der Waals surface area contributed by atoms with Crippen LogP contribution in [-0.2, 0) is 20.8 Å². The normalized spacial score (nSPS) is 13.8. The molecule has 1 fully saturated rings. The number of amides is 2. The molecule has 0 spiro atoms. The zero-order valence-electron chi connectivity index (χ0n) is 23.9. The van der Waals surface area contributed by atoms with Crippen LogP contribution in [0.5, 0.6) is 0 Å². The molecular weight excluding hydrogens is 528 g/mol. The molecule has 220 valence electrons. The topological polar surface area (TPSA) is 141 Å². The van der Waals surface area contributed by atoms with Gasteiger partial charge in [-0.2, -0.15) is 5.10 Å².